The molecule has 0 saturated heterocycles. The SMILES string of the molecule is c1coc(-c2nnc(Nc3nc4cc5c(cc4s3)OCO5)o2)c1. The van der Waals surface area contributed by atoms with Gasteiger partial charge in [-0.15, -0.1) is 5.10 Å². The highest BCUT2D eigenvalue weighted by atomic mass is 32.1. The van der Waals surface area contributed by atoms with E-state index in [2.05, 4.69) is 20.5 Å². The highest BCUT2D eigenvalue weighted by Gasteiger charge is 2.17. The summed E-state index contributed by atoms with van der Waals surface area (Å²) < 4.78 is 22.4. The average Bonchev–Trinajstić information content (AvgIpc) is 3.31. The van der Waals surface area contributed by atoms with Gasteiger partial charge in [-0.3, -0.25) is 5.32 Å². The molecule has 9 heteroatoms. The van der Waals surface area contributed by atoms with Crippen LogP contribution >= 0.6 is 11.3 Å². The fraction of sp³-hybridized carbons (Fsp3) is 0.0714. The Hall–Kier alpha value is -3.07. The van der Waals surface area contributed by atoms with Gasteiger partial charge in [0.25, 0.3) is 5.89 Å². The van der Waals surface area contributed by atoms with Crippen molar-refractivity contribution < 1.29 is 18.3 Å². The van der Waals surface area contributed by atoms with Crippen LogP contribution in [0.3, 0.4) is 0 Å². The topological polar surface area (TPSA) is 95.4 Å². The minimum atomic E-state index is 0.245. The van der Waals surface area contributed by atoms with Crippen LogP contribution in [0.4, 0.5) is 11.1 Å². The molecule has 1 N–H and O–H groups in total. The Kier molecular flexibility index (Phi) is 2.56. The molecule has 0 amide bonds. The lowest BCUT2D eigenvalue weighted by atomic mass is 10.3. The predicted molar refractivity (Wildman–Crippen MR) is 81.0 cm³/mol. The summed E-state index contributed by atoms with van der Waals surface area (Å²) in [6.45, 7) is 0.245. The predicted octanol–water partition coefficient (Wildman–Crippen LogP) is 3.41. The molecule has 0 radical (unpaired) electrons. The summed E-state index contributed by atoms with van der Waals surface area (Å²) in [6.07, 6.45) is 1.55. The van der Waals surface area contributed by atoms with Crippen LogP contribution in [0.2, 0.25) is 0 Å². The van der Waals surface area contributed by atoms with Gasteiger partial charge in [-0.05, 0) is 12.1 Å². The first-order valence-electron chi connectivity index (χ1n) is 6.70. The molecule has 1 aromatic carbocycles. The zero-order chi connectivity index (χ0) is 15.2. The fourth-order valence-corrected chi connectivity index (χ4v) is 3.10. The molecule has 4 heterocycles. The summed E-state index contributed by atoms with van der Waals surface area (Å²) in [5, 5.41) is 11.5. The zero-order valence-electron chi connectivity index (χ0n) is 11.5. The van der Waals surface area contributed by atoms with Gasteiger partial charge in [0, 0.05) is 12.1 Å². The number of aromatic nitrogens is 3. The Morgan fingerprint density at radius 1 is 1.13 bits per heavy atom. The fourth-order valence-electron chi connectivity index (χ4n) is 2.24. The van der Waals surface area contributed by atoms with E-state index in [9.17, 15) is 0 Å². The highest BCUT2D eigenvalue weighted by molar-refractivity contribution is 7.22. The van der Waals surface area contributed by atoms with Crippen molar-refractivity contribution in [3.05, 3.63) is 30.5 Å². The van der Waals surface area contributed by atoms with Gasteiger partial charge in [0.05, 0.1) is 16.5 Å². The third-order valence-corrected chi connectivity index (χ3v) is 4.19. The summed E-state index contributed by atoms with van der Waals surface area (Å²) in [5.74, 6) is 2.25. The van der Waals surface area contributed by atoms with Gasteiger partial charge in [-0.1, -0.05) is 16.4 Å². The number of hydrogen-bond acceptors (Lipinski definition) is 9. The molecule has 0 spiro atoms. The minimum absolute atomic E-state index is 0.245. The first-order valence-corrected chi connectivity index (χ1v) is 7.51. The lowest BCUT2D eigenvalue weighted by Gasteiger charge is -1.93. The Balaban J connectivity index is 1.45. The normalized spacial score (nSPS) is 12.9. The maximum Gasteiger partial charge on any atom is 0.322 e. The van der Waals surface area contributed by atoms with E-state index in [0.29, 0.717) is 22.5 Å². The van der Waals surface area contributed by atoms with E-state index < -0.39 is 0 Å². The maximum absolute atomic E-state index is 5.50. The van der Waals surface area contributed by atoms with Gasteiger partial charge in [-0.2, -0.15) is 0 Å². The second kappa shape index (κ2) is 4.71. The van der Waals surface area contributed by atoms with Gasteiger partial charge in [0.1, 0.15) is 0 Å². The molecule has 0 unspecified atom stereocenters. The summed E-state index contributed by atoms with van der Waals surface area (Å²) >= 11 is 1.46. The van der Waals surface area contributed by atoms with E-state index >= 15 is 0 Å². The van der Waals surface area contributed by atoms with Crippen molar-refractivity contribution in [1.82, 2.24) is 15.2 Å². The molecule has 0 saturated carbocycles. The van der Waals surface area contributed by atoms with E-state index in [4.69, 9.17) is 18.3 Å². The van der Waals surface area contributed by atoms with Gasteiger partial charge in [0.15, 0.2) is 22.4 Å². The van der Waals surface area contributed by atoms with Crippen molar-refractivity contribution in [1.29, 1.82) is 0 Å². The molecule has 4 aromatic rings. The summed E-state index contributed by atoms with van der Waals surface area (Å²) in [6, 6.07) is 7.50. The lowest BCUT2D eigenvalue weighted by molar-refractivity contribution is 0.174. The molecule has 0 atom stereocenters. The molecule has 0 bridgehead atoms. The third-order valence-electron chi connectivity index (χ3n) is 3.25. The van der Waals surface area contributed by atoms with Crippen LogP contribution in [0.15, 0.2) is 39.4 Å². The van der Waals surface area contributed by atoms with Crippen molar-refractivity contribution in [3.8, 4) is 23.1 Å². The molecule has 0 fully saturated rings. The molecule has 8 nitrogen and oxygen atoms in total. The first-order chi connectivity index (χ1) is 11.3. The van der Waals surface area contributed by atoms with Crippen molar-refractivity contribution in [2.45, 2.75) is 0 Å². The van der Waals surface area contributed by atoms with Crippen molar-refractivity contribution in [2.75, 3.05) is 12.1 Å². The number of thiazole rings is 1. The number of fused-ring (bicyclic) bond motifs is 2. The van der Waals surface area contributed by atoms with Crippen molar-refractivity contribution >= 4 is 32.7 Å². The van der Waals surface area contributed by atoms with E-state index in [0.717, 1.165) is 16.0 Å². The molecule has 1 aliphatic rings. The number of anilines is 2. The van der Waals surface area contributed by atoms with E-state index in [-0.39, 0.29) is 12.8 Å². The monoisotopic (exact) mass is 328 g/mol. The van der Waals surface area contributed by atoms with Gasteiger partial charge < -0.3 is 18.3 Å². The molecule has 23 heavy (non-hydrogen) atoms. The highest BCUT2D eigenvalue weighted by Crippen LogP contribution is 2.39. The number of benzene rings is 1. The van der Waals surface area contributed by atoms with Crippen LogP contribution < -0.4 is 14.8 Å². The number of furan rings is 1. The number of nitrogens with zero attached hydrogens (tertiary/aromatic N) is 3. The van der Waals surface area contributed by atoms with Crippen molar-refractivity contribution in [3.63, 3.8) is 0 Å². The van der Waals surface area contributed by atoms with E-state index in [1.54, 1.807) is 18.4 Å². The number of rotatable bonds is 3. The van der Waals surface area contributed by atoms with Gasteiger partial charge in [-0.25, -0.2) is 4.98 Å². The number of ether oxygens (including phenoxy) is 2. The molecule has 0 aliphatic carbocycles. The summed E-state index contributed by atoms with van der Waals surface area (Å²) in [5.41, 5.74) is 0.813. The Morgan fingerprint density at radius 3 is 2.91 bits per heavy atom. The first kappa shape index (κ1) is 12.5. The quantitative estimate of drug-likeness (QED) is 0.611. The van der Waals surface area contributed by atoms with Crippen LogP contribution in [-0.4, -0.2) is 22.0 Å². The molecule has 3 aromatic heterocycles. The lowest BCUT2D eigenvalue weighted by Crippen LogP contribution is -1.92. The molecule has 5 rings (SSSR count). The van der Waals surface area contributed by atoms with E-state index in [1.807, 2.05) is 12.1 Å². The van der Waals surface area contributed by atoms with Crippen LogP contribution in [-0.2, 0) is 0 Å². The van der Waals surface area contributed by atoms with Crippen LogP contribution in [0.1, 0.15) is 0 Å². The molecule has 1 aliphatic heterocycles. The van der Waals surface area contributed by atoms with Crippen LogP contribution in [0.5, 0.6) is 11.5 Å². The second-order valence-corrected chi connectivity index (χ2v) is 5.74. The van der Waals surface area contributed by atoms with Crippen LogP contribution in [0.25, 0.3) is 21.9 Å². The second-order valence-electron chi connectivity index (χ2n) is 4.71. The Labute approximate surface area is 132 Å². The summed E-state index contributed by atoms with van der Waals surface area (Å²) in [7, 11) is 0. The minimum Gasteiger partial charge on any atom is -0.459 e. The van der Waals surface area contributed by atoms with Crippen molar-refractivity contribution in [2.24, 2.45) is 0 Å². The molecule has 114 valence electrons. The van der Waals surface area contributed by atoms with E-state index in [1.165, 1.54) is 11.3 Å². The van der Waals surface area contributed by atoms with Gasteiger partial charge in [0.2, 0.25) is 6.79 Å². The third kappa shape index (κ3) is 2.09. The molecular weight excluding hydrogens is 320 g/mol. The summed E-state index contributed by atoms with van der Waals surface area (Å²) in [4.78, 5) is 4.48. The van der Waals surface area contributed by atoms with Crippen LogP contribution in [0, 0.1) is 0 Å². The number of hydrogen-bond donors (Lipinski definition) is 1. The zero-order valence-corrected chi connectivity index (χ0v) is 12.3. The smallest absolute Gasteiger partial charge is 0.322 e. The standard InChI is InChI=1S/C14H8N4O4S/c1-2-8(19-3-1)12-17-18-13(22-12)16-14-15-7-4-9-10(21-6-20-9)5-11(7)23-14/h1-5H,6H2,(H,15,16,18). The largest absolute Gasteiger partial charge is 0.459 e. The van der Waals surface area contributed by atoms with Gasteiger partial charge >= 0.3 is 6.01 Å². The Morgan fingerprint density at radius 2 is 2.04 bits per heavy atom. The maximum atomic E-state index is 5.50. The average molecular weight is 328 g/mol. The Bertz CT molecular complexity index is 951. The molecular formula is C14H8N4O4S. The number of nitrogens with one attached hydrogen (secondary N) is 1.